The predicted molar refractivity (Wildman–Crippen MR) is 187 cm³/mol. The number of nitrogens with two attached hydrogens (primary N) is 1. The van der Waals surface area contributed by atoms with E-state index in [0.717, 1.165) is 35.9 Å². The summed E-state index contributed by atoms with van der Waals surface area (Å²) in [4.78, 5) is 53.9. The zero-order chi connectivity index (χ0) is 34.8. The van der Waals surface area contributed by atoms with Gasteiger partial charge < -0.3 is 20.9 Å². The average molecular weight is 664 g/mol. The number of aliphatic imine (C=N–C) groups is 1. The zero-order valence-electron chi connectivity index (χ0n) is 27.9. The Labute approximate surface area is 282 Å². The maximum atomic E-state index is 14.1. The maximum absolute atomic E-state index is 14.1. The minimum atomic E-state index is -0.609. The molecule has 0 bridgehead atoms. The van der Waals surface area contributed by atoms with Crippen molar-refractivity contribution in [3.05, 3.63) is 99.9 Å². The number of aromatic nitrogens is 5. The van der Waals surface area contributed by atoms with Crippen LogP contribution in [-0.2, 0) is 11.2 Å². The highest BCUT2D eigenvalue weighted by Gasteiger charge is 2.28. The van der Waals surface area contributed by atoms with Gasteiger partial charge in [0.15, 0.2) is 5.82 Å². The molecule has 1 aliphatic rings. The molecular formula is C36H38FN9O3. The van der Waals surface area contributed by atoms with Crippen LogP contribution in [0.2, 0.25) is 0 Å². The van der Waals surface area contributed by atoms with Crippen LogP contribution < -0.4 is 16.6 Å². The van der Waals surface area contributed by atoms with Crippen LogP contribution in [0.15, 0.2) is 71.0 Å². The number of pyridine rings is 2. The van der Waals surface area contributed by atoms with Crippen LogP contribution in [0.1, 0.15) is 59.9 Å². The minimum absolute atomic E-state index is 0.0378. The van der Waals surface area contributed by atoms with Gasteiger partial charge >= 0.3 is 0 Å². The van der Waals surface area contributed by atoms with Gasteiger partial charge in [0.2, 0.25) is 5.91 Å². The molecule has 4 aromatic heterocycles. The molecule has 5 heterocycles. The van der Waals surface area contributed by atoms with E-state index in [1.165, 1.54) is 23.2 Å². The fourth-order valence-electron chi connectivity index (χ4n) is 6.45. The van der Waals surface area contributed by atoms with Crippen molar-refractivity contribution in [3.63, 3.8) is 0 Å². The molecule has 0 unspecified atom stereocenters. The van der Waals surface area contributed by atoms with Crippen molar-refractivity contribution >= 4 is 35.1 Å². The van der Waals surface area contributed by atoms with Crippen LogP contribution >= 0.6 is 0 Å². The molecule has 0 saturated carbocycles. The predicted octanol–water partition coefficient (Wildman–Crippen LogP) is 4.83. The maximum Gasteiger partial charge on any atom is 0.268 e. The van der Waals surface area contributed by atoms with E-state index in [2.05, 4.69) is 31.4 Å². The van der Waals surface area contributed by atoms with Gasteiger partial charge in [0.25, 0.3) is 11.5 Å². The minimum Gasteiger partial charge on any atom is -0.382 e. The number of benzene rings is 1. The third-order valence-electron chi connectivity index (χ3n) is 9.02. The van der Waals surface area contributed by atoms with Gasteiger partial charge in [-0.1, -0.05) is 26.0 Å². The number of piperidine rings is 1. The topological polar surface area (TPSA) is 153 Å². The van der Waals surface area contributed by atoms with E-state index in [4.69, 9.17) is 5.73 Å². The molecule has 6 rings (SSSR count). The molecule has 252 valence electrons. The highest BCUT2D eigenvalue weighted by Crippen LogP contribution is 2.37. The highest BCUT2D eigenvalue weighted by atomic mass is 19.1. The Morgan fingerprint density at radius 1 is 1.12 bits per heavy atom. The van der Waals surface area contributed by atoms with Crippen LogP contribution in [0.25, 0.3) is 22.3 Å². The molecule has 12 nitrogen and oxygen atoms in total. The second-order valence-corrected chi connectivity index (χ2v) is 12.5. The van der Waals surface area contributed by atoms with Crippen molar-refractivity contribution in [2.45, 2.75) is 46.0 Å². The van der Waals surface area contributed by atoms with E-state index in [-0.39, 0.29) is 29.0 Å². The lowest BCUT2D eigenvalue weighted by Crippen LogP contribution is -2.40. The van der Waals surface area contributed by atoms with E-state index < -0.39 is 17.3 Å². The number of nitrogens with zero attached hydrogens (tertiary/aromatic N) is 7. The lowest BCUT2D eigenvalue weighted by atomic mass is 9.92. The van der Waals surface area contributed by atoms with Crippen molar-refractivity contribution in [3.8, 4) is 16.8 Å². The van der Waals surface area contributed by atoms with Crippen molar-refractivity contribution in [1.82, 2.24) is 29.0 Å². The second-order valence-electron chi connectivity index (χ2n) is 12.5. The van der Waals surface area contributed by atoms with Gasteiger partial charge in [-0.2, -0.15) is 5.10 Å². The number of rotatable bonds is 8. The Balaban J connectivity index is 1.29. The first-order chi connectivity index (χ1) is 23.6. The monoisotopic (exact) mass is 663 g/mol. The van der Waals surface area contributed by atoms with Crippen LogP contribution in [-0.4, -0.2) is 67.2 Å². The lowest BCUT2D eigenvalue weighted by Gasteiger charge is -2.33. The van der Waals surface area contributed by atoms with E-state index in [1.54, 1.807) is 38.4 Å². The SMILES string of the molecule is C/N=C\Cc1cc(C(=O)Nc2ccc(-c3cc(C4CCN(C(=O)C(C)C)CC4)n4ncnc(N)c34)cc2)c(=O)n(-c2cncc(F)c2)c1C. The van der Waals surface area contributed by atoms with Gasteiger partial charge in [-0.05, 0) is 55.2 Å². The molecule has 49 heavy (non-hydrogen) atoms. The van der Waals surface area contributed by atoms with Gasteiger partial charge in [0.05, 0.1) is 18.1 Å². The number of hydrogen-bond acceptors (Lipinski definition) is 8. The van der Waals surface area contributed by atoms with Gasteiger partial charge in [0.1, 0.15) is 23.2 Å². The second kappa shape index (κ2) is 13.8. The number of carbonyl (C=O) groups excluding carboxylic acids is 2. The number of amides is 2. The molecule has 0 radical (unpaired) electrons. The standard InChI is InChI=1S/C36H38FN9O3/c1-21(2)35(48)44-13-10-24(11-14-44)31-17-29(32-33(38)41-20-42-46(31)32)23-5-7-27(8-6-23)43-34(47)30-15-25(9-12-39-4)22(3)45(36(30)49)28-16-26(37)18-40-19-28/h5-8,12,15-21,24H,9-11,13-14H2,1-4H3,(H,43,47)(H2,38,41,42)/b39-12-. The molecule has 1 aromatic carbocycles. The van der Waals surface area contributed by atoms with Crippen LogP contribution in [0.3, 0.4) is 0 Å². The number of carbonyl (C=O) groups is 2. The lowest BCUT2D eigenvalue weighted by molar-refractivity contribution is -0.135. The molecule has 1 saturated heterocycles. The summed E-state index contributed by atoms with van der Waals surface area (Å²) in [5, 5.41) is 7.37. The summed E-state index contributed by atoms with van der Waals surface area (Å²) in [6, 6.07) is 12.1. The van der Waals surface area contributed by atoms with Crippen LogP contribution in [0.4, 0.5) is 15.9 Å². The number of likely N-dealkylation sites (tertiary alicyclic amines) is 1. The number of hydrogen-bond donors (Lipinski definition) is 2. The molecule has 0 aliphatic carbocycles. The van der Waals surface area contributed by atoms with Gasteiger partial charge in [-0.15, -0.1) is 0 Å². The summed E-state index contributed by atoms with van der Waals surface area (Å²) >= 11 is 0. The summed E-state index contributed by atoms with van der Waals surface area (Å²) in [6.45, 7) is 6.93. The number of fused-ring (bicyclic) bond motifs is 1. The molecule has 2 amide bonds. The van der Waals surface area contributed by atoms with Gasteiger partial charge in [-0.25, -0.2) is 13.9 Å². The quantitative estimate of drug-likeness (QED) is 0.226. The summed E-state index contributed by atoms with van der Waals surface area (Å²) in [7, 11) is 1.64. The Hall–Kier alpha value is -5.72. The Bertz CT molecular complexity index is 2130. The molecular weight excluding hydrogens is 625 g/mol. The Morgan fingerprint density at radius 3 is 2.53 bits per heavy atom. The Morgan fingerprint density at radius 2 is 1.86 bits per heavy atom. The Kier molecular flexibility index (Phi) is 9.34. The highest BCUT2D eigenvalue weighted by molar-refractivity contribution is 6.04. The summed E-state index contributed by atoms with van der Waals surface area (Å²) < 4.78 is 17.2. The molecule has 13 heteroatoms. The number of nitrogens with one attached hydrogen (secondary N) is 1. The zero-order valence-corrected chi connectivity index (χ0v) is 27.9. The third kappa shape index (κ3) is 6.56. The number of halogens is 1. The van der Waals surface area contributed by atoms with Gasteiger partial charge in [0, 0.05) is 73.3 Å². The van der Waals surface area contributed by atoms with E-state index in [9.17, 15) is 18.8 Å². The van der Waals surface area contributed by atoms with Crippen molar-refractivity contribution in [2.75, 3.05) is 31.2 Å². The third-order valence-corrected chi connectivity index (χ3v) is 9.02. The fourth-order valence-corrected chi connectivity index (χ4v) is 6.45. The normalized spacial score (nSPS) is 13.9. The molecule has 0 atom stereocenters. The number of nitrogen functional groups attached to an aromatic ring is 1. The summed E-state index contributed by atoms with van der Waals surface area (Å²) in [6.07, 6.45) is 7.53. The van der Waals surface area contributed by atoms with Crippen LogP contribution in [0.5, 0.6) is 0 Å². The van der Waals surface area contributed by atoms with Crippen molar-refractivity contribution < 1.29 is 14.0 Å². The number of anilines is 2. The first-order valence-corrected chi connectivity index (χ1v) is 16.2. The van der Waals surface area contributed by atoms with E-state index in [0.29, 0.717) is 47.8 Å². The first kappa shape index (κ1) is 33.2. The summed E-state index contributed by atoms with van der Waals surface area (Å²) in [5.74, 6) is -0.558. The molecule has 1 aliphatic heterocycles. The van der Waals surface area contributed by atoms with Crippen molar-refractivity contribution in [2.24, 2.45) is 10.9 Å². The first-order valence-electron chi connectivity index (χ1n) is 16.2. The smallest absolute Gasteiger partial charge is 0.268 e. The van der Waals surface area contributed by atoms with E-state index >= 15 is 0 Å². The molecule has 3 N–H and O–H groups in total. The average Bonchev–Trinajstić information content (AvgIpc) is 3.49. The van der Waals surface area contributed by atoms with E-state index in [1.807, 2.05) is 35.4 Å². The summed E-state index contributed by atoms with van der Waals surface area (Å²) in [5.41, 5.74) is 11.0. The van der Waals surface area contributed by atoms with Crippen LogP contribution in [0, 0.1) is 18.7 Å². The fraction of sp³-hybridized carbons (Fsp3) is 0.306. The van der Waals surface area contributed by atoms with Crippen molar-refractivity contribution in [1.29, 1.82) is 0 Å². The molecule has 1 fully saturated rings. The molecule has 0 spiro atoms. The van der Waals surface area contributed by atoms with Gasteiger partial charge in [-0.3, -0.25) is 23.9 Å². The largest absolute Gasteiger partial charge is 0.382 e. The molecule has 5 aromatic rings.